The molecule has 1 heterocycles. The van der Waals surface area contributed by atoms with Gasteiger partial charge < -0.3 is 9.47 Å². The lowest BCUT2D eigenvalue weighted by molar-refractivity contribution is 0.0168. The Morgan fingerprint density at radius 1 is 1.25 bits per heavy atom. The van der Waals surface area contributed by atoms with Gasteiger partial charge in [-0.15, -0.1) is 11.3 Å². The van der Waals surface area contributed by atoms with Crippen molar-refractivity contribution in [1.29, 1.82) is 0 Å². The Balaban J connectivity index is 2.27. The van der Waals surface area contributed by atoms with E-state index in [4.69, 9.17) is 21.7 Å². The second kappa shape index (κ2) is 4.92. The Morgan fingerprint density at radius 2 is 1.88 bits per heavy atom. The normalized spacial score (nSPS) is 17.4. The third kappa shape index (κ3) is 2.35. The van der Waals surface area contributed by atoms with Gasteiger partial charge in [-0.2, -0.15) is 0 Å². The van der Waals surface area contributed by atoms with Gasteiger partial charge in [0.05, 0.1) is 17.0 Å². The number of fused-ring (bicyclic) bond motifs is 1. The van der Waals surface area contributed by atoms with Gasteiger partial charge in [-0.1, -0.05) is 12.2 Å². The summed E-state index contributed by atoms with van der Waals surface area (Å²) in [5.74, 6) is 0. The van der Waals surface area contributed by atoms with Crippen LogP contribution in [0.1, 0.15) is 11.1 Å². The molecule has 0 aromatic carbocycles. The Hall–Kier alpha value is -0.290. The SMILES string of the molecule is COCC1(COC)Cc2csc(=S)cc2C1. The van der Waals surface area contributed by atoms with Gasteiger partial charge in [0.25, 0.3) is 0 Å². The van der Waals surface area contributed by atoms with Crippen LogP contribution in [0.4, 0.5) is 0 Å². The van der Waals surface area contributed by atoms with Crippen molar-refractivity contribution >= 4 is 23.6 Å². The first-order valence-corrected chi connectivity index (χ1v) is 6.56. The van der Waals surface area contributed by atoms with Gasteiger partial charge in [-0.25, -0.2) is 0 Å². The van der Waals surface area contributed by atoms with Crippen molar-refractivity contribution in [2.45, 2.75) is 12.8 Å². The standard InChI is InChI=1S/C12H16O2S2/c1-13-7-12(8-14-2)4-9-3-11(15)16-6-10(9)5-12/h3,6H,4-5,7-8H2,1-2H3. The molecule has 0 N–H and O–H groups in total. The molecule has 0 radical (unpaired) electrons. The number of rotatable bonds is 4. The van der Waals surface area contributed by atoms with E-state index in [1.54, 1.807) is 25.6 Å². The molecule has 0 saturated heterocycles. The molecule has 0 spiro atoms. The molecule has 0 unspecified atom stereocenters. The summed E-state index contributed by atoms with van der Waals surface area (Å²) in [5, 5.41) is 2.19. The van der Waals surface area contributed by atoms with E-state index < -0.39 is 0 Å². The first-order chi connectivity index (χ1) is 7.69. The molecule has 4 heteroatoms. The van der Waals surface area contributed by atoms with E-state index in [-0.39, 0.29) is 5.41 Å². The molecular weight excluding hydrogens is 240 g/mol. The molecule has 0 fully saturated rings. The number of ether oxygens (including phenoxy) is 2. The molecule has 0 atom stereocenters. The summed E-state index contributed by atoms with van der Waals surface area (Å²) >= 11 is 6.86. The lowest BCUT2D eigenvalue weighted by atomic mass is 9.87. The van der Waals surface area contributed by atoms with Crippen molar-refractivity contribution in [2.75, 3.05) is 27.4 Å². The fraction of sp³-hybridized carbons (Fsp3) is 0.583. The van der Waals surface area contributed by atoms with E-state index in [9.17, 15) is 0 Å². The zero-order valence-electron chi connectivity index (χ0n) is 9.62. The van der Waals surface area contributed by atoms with Crippen molar-refractivity contribution in [3.05, 3.63) is 26.4 Å². The summed E-state index contributed by atoms with van der Waals surface area (Å²) in [7, 11) is 3.50. The second-order valence-corrected chi connectivity index (χ2v) is 6.08. The number of hydrogen-bond acceptors (Lipinski definition) is 4. The van der Waals surface area contributed by atoms with Gasteiger partial charge >= 0.3 is 0 Å². The first-order valence-electron chi connectivity index (χ1n) is 5.28. The quantitative estimate of drug-likeness (QED) is 0.772. The molecule has 2 nitrogen and oxygen atoms in total. The van der Waals surface area contributed by atoms with Gasteiger partial charge in [0.1, 0.15) is 0 Å². The maximum Gasteiger partial charge on any atom is 0.0902 e. The van der Waals surface area contributed by atoms with Crippen molar-refractivity contribution in [1.82, 2.24) is 0 Å². The number of hydrogen-bond donors (Lipinski definition) is 0. The van der Waals surface area contributed by atoms with Crippen LogP contribution in [0, 0.1) is 9.24 Å². The fourth-order valence-corrected chi connectivity index (χ4v) is 3.51. The third-order valence-corrected chi connectivity index (χ3v) is 4.21. The highest BCUT2D eigenvalue weighted by molar-refractivity contribution is 7.73. The van der Waals surface area contributed by atoms with Crippen LogP contribution in [-0.2, 0) is 22.3 Å². The highest BCUT2D eigenvalue weighted by Crippen LogP contribution is 2.38. The van der Waals surface area contributed by atoms with E-state index in [1.165, 1.54) is 11.1 Å². The Kier molecular flexibility index (Phi) is 3.74. The maximum absolute atomic E-state index is 5.34. The molecule has 1 aromatic heterocycles. The molecular formula is C12H16O2S2. The van der Waals surface area contributed by atoms with Crippen molar-refractivity contribution < 1.29 is 9.47 Å². The van der Waals surface area contributed by atoms with Gasteiger partial charge in [-0.05, 0) is 35.4 Å². The smallest absolute Gasteiger partial charge is 0.0902 e. The molecule has 1 aliphatic carbocycles. The topological polar surface area (TPSA) is 18.5 Å². The predicted octanol–water partition coefficient (Wildman–Crippen LogP) is 2.86. The van der Waals surface area contributed by atoms with E-state index in [2.05, 4.69) is 11.4 Å². The highest BCUT2D eigenvalue weighted by atomic mass is 32.1. The number of methoxy groups -OCH3 is 2. The fourth-order valence-electron chi connectivity index (χ4n) is 2.52. The zero-order valence-corrected chi connectivity index (χ0v) is 11.2. The van der Waals surface area contributed by atoms with E-state index in [0.29, 0.717) is 0 Å². The van der Waals surface area contributed by atoms with Gasteiger partial charge in [0.2, 0.25) is 0 Å². The summed E-state index contributed by atoms with van der Waals surface area (Å²) in [6.07, 6.45) is 2.05. The van der Waals surface area contributed by atoms with Crippen LogP contribution < -0.4 is 0 Å². The average Bonchev–Trinajstić information content (AvgIpc) is 2.56. The molecule has 0 bridgehead atoms. The zero-order chi connectivity index (χ0) is 11.6. The Bertz CT molecular complexity index is 419. The van der Waals surface area contributed by atoms with Crippen LogP contribution in [0.5, 0.6) is 0 Å². The van der Waals surface area contributed by atoms with Crippen LogP contribution in [0.25, 0.3) is 0 Å². The minimum atomic E-state index is 0.113. The minimum Gasteiger partial charge on any atom is -0.384 e. The van der Waals surface area contributed by atoms with Crippen molar-refractivity contribution in [3.8, 4) is 0 Å². The summed E-state index contributed by atoms with van der Waals surface area (Å²) in [4.78, 5) is 0. The van der Waals surface area contributed by atoms with E-state index >= 15 is 0 Å². The maximum atomic E-state index is 5.34. The first kappa shape index (κ1) is 12.2. The van der Waals surface area contributed by atoms with Crippen LogP contribution in [-0.4, -0.2) is 27.4 Å². The van der Waals surface area contributed by atoms with Gasteiger partial charge in [0, 0.05) is 19.6 Å². The van der Waals surface area contributed by atoms with E-state index in [1.807, 2.05) is 0 Å². The molecule has 1 aromatic rings. The predicted molar refractivity (Wildman–Crippen MR) is 68.7 cm³/mol. The van der Waals surface area contributed by atoms with Gasteiger partial charge in [0.15, 0.2) is 0 Å². The highest BCUT2D eigenvalue weighted by Gasteiger charge is 2.37. The Labute approximate surface area is 105 Å². The van der Waals surface area contributed by atoms with Crippen LogP contribution in [0.15, 0.2) is 11.4 Å². The van der Waals surface area contributed by atoms with E-state index in [0.717, 1.165) is 29.9 Å². The molecule has 0 saturated carbocycles. The molecule has 0 amide bonds. The van der Waals surface area contributed by atoms with Crippen molar-refractivity contribution in [3.63, 3.8) is 0 Å². The molecule has 1 aliphatic rings. The summed E-state index contributed by atoms with van der Waals surface area (Å²) in [5.41, 5.74) is 2.90. The van der Waals surface area contributed by atoms with Crippen LogP contribution >= 0.6 is 23.6 Å². The monoisotopic (exact) mass is 256 g/mol. The molecule has 16 heavy (non-hydrogen) atoms. The minimum absolute atomic E-state index is 0.113. The van der Waals surface area contributed by atoms with Crippen LogP contribution in [0.3, 0.4) is 0 Å². The van der Waals surface area contributed by atoms with Crippen LogP contribution in [0.2, 0.25) is 0 Å². The molecule has 88 valence electrons. The Morgan fingerprint density at radius 3 is 2.50 bits per heavy atom. The molecule has 2 rings (SSSR count). The summed E-state index contributed by atoms with van der Waals surface area (Å²) in [6.45, 7) is 1.49. The average molecular weight is 256 g/mol. The van der Waals surface area contributed by atoms with Crippen molar-refractivity contribution in [2.24, 2.45) is 5.41 Å². The summed E-state index contributed by atoms with van der Waals surface area (Å²) < 4.78 is 11.6. The molecule has 0 aliphatic heterocycles. The van der Waals surface area contributed by atoms with Gasteiger partial charge in [-0.3, -0.25) is 0 Å². The summed E-state index contributed by atoms with van der Waals surface area (Å²) in [6, 6.07) is 2.13. The third-order valence-electron chi connectivity index (χ3n) is 3.05. The second-order valence-electron chi connectivity index (χ2n) is 4.47. The lowest BCUT2D eigenvalue weighted by Crippen LogP contribution is -2.32. The lowest BCUT2D eigenvalue weighted by Gasteiger charge is -2.26. The largest absolute Gasteiger partial charge is 0.384 e.